The van der Waals surface area contributed by atoms with Crippen molar-refractivity contribution in [2.24, 2.45) is 0 Å². The van der Waals surface area contributed by atoms with E-state index in [4.69, 9.17) is 16.3 Å². The molecule has 0 unspecified atom stereocenters. The molecule has 3 aromatic rings. The fourth-order valence-electron chi connectivity index (χ4n) is 2.61. The molecule has 0 saturated heterocycles. The van der Waals surface area contributed by atoms with Gasteiger partial charge in [-0.3, -0.25) is 10.1 Å². The fourth-order valence-corrected chi connectivity index (χ4v) is 4.36. The first-order valence-corrected chi connectivity index (χ1v) is 10.4. The Morgan fingerprint density at radius 1 is 1.26 bits per heavy atom. The van der Waals surface area contributed by atoms with Crippen LogP contribution in [0, 0.1) is 0 Å². The van der Waals surface area contributed by atoms with Crippen LogP contribution >= 0.6 is 38.9 Å². The van der Waals surface area contributed by atoms with E-state index in [2.05, 4.69) is 33.2 Å². The third-order valence-electron chi connectivity index (χ3n) is 3.93. The third kappa shape index (κ3) is 4.69. The van der Waals surface area contributed by atoms with Crippen LogP contribution in [0.15, 0.2) is 46.9 Å². The van der Waals surface area contributed by atoms with E-state index < -0.39 is 0 Å². The van der Waals surface area contributed by atoms with Gasteiger partial charge in [0, 0.05) is 21.0 Å². The molecule has 0 radical (unpaired) electrons. The molecule has 140 valence electrons. The lowest BCUT2D eigenvalue weighted by Crippen LogP contribution is -2.11. The van der Waals surface area contributed by atoms with Crippen molar-refractivity contribution < 1.29 is 9.53 Å². The van der Waals surface area contributed by atoms with Crippen molar-refractivity contribution in [3.05, 3.63) is 62.4 Å². The van der Waals surface area contributed by atoms with Crippen molar-refractivity contribution in [1.82, 2.24) is 4.98 Å². The second kappa shape index (κ2) is 8.87. The van der Waals surface area contributed by atoms with Gasteiger partial charge >= 0.3 is 0 Å². The predicted molar refractivity (Wildman–Crippen MR) is 115 cm³/mol. The zero-order chi connectivity index (χ0) is 19.4. The number of halogens is 2. The predicted octanol–water partition coefficient (Wildman–Crippen LogP) is 6.44. The number of carbonyl (C=O) groups excluding carboxylic acids is 1. The molecule has 1 heterocycles. The fraction of sp³-hybridized carbons (Fsp3) is 0.200. The molecule has 3 rings (SSSR count). The van der Waals surface area contributed by atoms with Crippen molar-refractivity contribution >= 4 is 49.9 Å². The summed E-state index contributed by atoms with van der Waals surface area (Å²) in [5.41, 5.74) is 2.42. The Hall–Kier alpha value is -1.89. The summed E-state index contributed by atoms with van der Waals surface area (Å²) >= 11 is 10.9. The van der Waals surface area contributed by atoms with E-state index in [9.17, 15) is 4.79 Å². The molecule has 0 aliphatic heterocycles. The molecule has 0 aliphatic rings. The Morgan fingerprint density at radius 3 is 2.63 bits per heavy atom. The minimum Gasteiger partial charge on any atom is -0.496 e. The first-order valence-electron chi connectivity index (χ1n) is 8.42. The van der Waals surface area contributed by atoms with Crippen molar-refractivity contribution in [2.75, 3.05) is 12.4 Å². The number of nitrogens with one attached hydrogen (secondary N) is 1. The second-order valence-electron chi connectivity index (χ2n) is 5.85. The summed E-state index contributed by atoms with van der Waals surface area (Å²) in [5.74, 6) is 0.467. The smallest absolute Gasteiger partial charge is 0.257 e. The highest BCUT2D eigenvalue weighted by molar-refractivity contribution is 9.10. The number of aromatic nitrogens is 1. The average molecular weight is 466 g/mol. The zero-order valence-electron chi connectivity index (χ0n) is 14.9. The molecule has 0 atom stereocenters. The molecule has 0 fully saturated rings. The third-order valence-corrected chi connectivity index (χ3v) is 5.83. The molecule has 7 heteroatoms. The lowest BCUT2D eigenvalue weighted by atomic mass is 10.1. The maximum Gasteiger partial charge on any atom is 0.257 e. The van der Waals surface area contributed by atoms with Crippen LogP contribution in [0.2, 0.25) is 5.02 Å². The van der Waals surface area contributed by atoms with Crippen LogP contribution in [0.3, 0.4) is 0 Å². The number of aryl methyl sites for hydroxylation is 1. The number of nitrogens with zero attached hydrogens (tertiary/aromatic N) is 1. The first-order chi connectivity index (χ1) is 13.0. The molecule has 1 N–H and O–H groups in total. The lowest BCUT2D eigenvalue weighted by molar-refractivity contribution is 0.102. The zero-order valence-corrected chi connectivity index (χ0v) is 18.0. The van der Waals surface area contributed by atoms with Crippen LogP contribution in [-0.4, -0.2) is 18.0 Å². The van der Waals surface area contributed by atoms with Crippen molar-refractivity contribution in [2.45, 2.75) is 19.8 Å². The van der Waals surface area contributed by atoms with E-state index in [0.717, 1.165) is 33.4 Å². The van der Waals surface area contributed by atoms with Gasteiger partial charge in [-0.2, -0.15) is 0 Å². The van der Waals surface area contributed by atoms with Gasteiger partial charge in [0.1, 0.15) is 5.75 Å². The Morgan fingerprint density at radius 2 is 2.00 bits per heavy atom. The monoisotopic (exact) mass is 464 g/mol. The van der Waals surface area contributed by atoms with E-state index in [0.29, 0.717) is 21.5 Å². The van der Waals surface area contributed by atoms with Crippen molar-refractivity contribution in [1.29, 1.82) is 0 Å². The highest BCUT2D eigenvalue weighted by Crippen LogP contribution is 2.33. The number of thiazole rings is 1. The quantitative estimate of drug-likeness (QED) is 0.456. The Kier molecular flexibility index (Phi) is 6.52. The minimum absolute atomic E-state index is 0.210. The number of ether oxygens (including phenoxy) is 1. The van der Waals surface area contributed by atoms with Crippen molar-refractivity contribution in [3.63, 3.8) is 0 Å². The highest BCUT2D eigenvalue weighted by Gasteiger charge is 2.16. The second-order valence-corrected chi connectivity index (χ2v) is 8.23. The van der Waals surface area contributed by atoms with Gasteiger partial charge in [-0.1, -0.05) is 37.1 Å². The average Bonchev–Trinajstić information content (AvgIpc) is 3.05. The standard InChI is InChI=1S/C20H18BrClN2O2S/c1-3-4-17-18(12-5-8-14(22)9-6-12)23-20(27-17)24-19(25)13-7-10-16(26-2)15(21)11-13/h5-11H,3-4H2,1-2H3,(H,23,24,25). The highest BCUT2D eigenvalue weighted by atomic mass is 79.9. The number of methoxy groups -OCH3 is 1. The Balaban J connectivity index is 1.86. The first kappa shape index (κ1) is 19.9. The molecule has 1 aromatic heterocycles. The Bertz CT molecular complexity index is 957. The lowest BCUT2D eigenvalue weighted by Gasteiger charge is -2.06. The molecule has 2 aromatic carbocycles. The summed E-state index contributed by atoms with van der Waals surface area (Å²) in [7, 11) is 1.59. The molecular formula is C20H18BrClN2O2S. The largest absolute Gasteiger partial charge is 0.496 e. The summed E-state index contributed by atoms with van der Waals surface area (Å²) in [6, 6.07) is 12.8. The summed E-state index contributed by atoms with van der Waals surface area (Å²) in [6.45, 7) is 2.12. The molecule has 27 heavy (non-hydrogen) atoms. The van der Waals surface area contributed by atoms with Crippen LogP contribution in [0.4, 0.5) is 5.13 Å². The maximum atomic E-state index is 12.6. The minimum atomic E-state index is -0.210. The van der Waals surface area contributed by atoms with Gasteiger partial charge in [-0.05, 0) is 52.7 Å². The van der Waals surface area contributed by atoms with Gasteiger partial charge in [0.15, 0.2) is 5.13 Å². The number of hydrogen-bond donors (Lipinski definition) is 1. The summed E-state index contributed by atoms with van der Waals surface area (Å²) in [6.07, 6.45) is 1.90. The van der Waals surface area contributed by atoms with Gasteiger partial charge in [0.2, 0.25) is 0 Å². The summed E-state index contributed by atoms with van der Waals surface area (Å²) in [5, 5.41) is 4.17. The van der Waals surface area contributed by atoms with Crippen LogP contribution in [0.5, 0.6) is 5.75 Å². The van der Waals surface area contributed by atoms with Crippen LogP contribution < -0.4 is 10.1 Å². The van der Waals surface area contributed by atoms with Crippen molar-refractivity contribution in [3.8, 4) is 17.0 Å². The van der Waals surface area contributed by atoms with E-state index in [1.807, 2.05) is 24.3 Å². The summed E-state index contributed by atoms with van der Waals surface area (Å²) < 4.78 is 5.93. The molecular weight excluding hydrogens is 448 g/mol. The molecule has 0 saturated carbocycles. The van der Waals surface area contributed by atoms with Crippen LogP contribution in [0.1, 0.15) is 28.6 Å². The molecule has 4 nitrogen and oxygen atoms in total. The van der Waals surface area contributed by atoms with Crippen LogP contribution in [0.25, 0.3) is 11.3 Å². The Labute approximate surface area is 175 Å². The van der Waals surface area contributed by atoms with E-state index >= 15 is 0 Å². The maximum absolute atomic E-state index is 12.6. The molecule has 1 amide bonds. The normalized spacial score (nSPS) is 10.7. The van der Waals surface area contributed by atoms with Gasteiger partial charge in [-0.25, -0.2) is 4.98 Å². The SMILES string of the molecule is CCCc1sc(NC(=O)c2ccc(OC)c(Br)c2)nc1-c1ccc(Cl)cc1. The topological polar surface area (TPSA) is 51.2 Å². The number of amides is 1. The number of hydrogen-bond acceptors (Lipinski definition) is 4. The van der Waals surface area contributed by atoms with Gasteiger partial charge in [0.05, 0.1) is 17.3 Å². The van der Waals surface area contributed by atoms with Gasteiger partial charge in [-0.15, -0.1) is 11.3 Å². The number of anilines is 1. The number of benzene rings is 2. The van der Waals surface area contributed by atoms with E-state index in [-0.39, 0.29) is 5.91 Å². The summed E-state index contributed by atoms with van der Waals surface area (Å²) in [4.78, 5) is 18.4. The van der Waals surface area contributed by atoms with E-state index in [1.165, 1.54) is 11.3 Å². The van der Waals surface area contributed by atoms with E-state index in [1.54, 1.807) is 25.3 Å². The molecule has 0 spiro atoms. The van der Waals surface area contributed by atoms with Gasteiger partial charge < -0.3 is 4.74 Å². The number of rotatable bonds is 6. The van der Waals surface area contributed by atoms with Crippen LogP contribution in [-0.2, 0) is 6.42 Å². The van der Waals surface area contributed by atoms with Gasteiger partial charge in [0.25, 0.3) is 5.91 Å². The molecule has 0 bridgehead atoms. The number of carbonyl (C=O) groups is 1. The molecule has 0 aliphatic carbocycles.